The van der Waals surface area contributed by atoms with E-state index in [0.29, 0.717) is 19.8 Å². The summed E-state index contributed by atoms with van der Waals surface area (Å²) in [5.74, 6) is 0. The number of hydrogen-bond acceptors (Lipinski definition) is 3. The number of hydrogen-bond donors (Lipinski definition) is 0. The molecule has 2 atom stereocenters. The highest BCUT2D eigenvalue weighted by molar-refractivity contribution is 6.31. The Balaban J connectivity index is 1.85. The van der Waals surface area contributed by atoms with E-state index in [4.69, 9.17) is 25.8 Å². The van der Waals surface area contributed by atoms with E-state index in [1.54, 1.807) is 7.11 Å². The number of rotatable bonds is 5. The van der Waals surface area contributed by atoms with E-state index >= 15 is 0 Å². The van der Waals surface area contributed by atoms with Gasteiger partial charge in [0.2, 0.25) is 0 Å². The van der Waals surface area contributed by atoms with Crippen LogP contribution >= 0.6 is 11.6 Å². The smallest absolute Gasteiger partial charge is 0.0838 e. The SMILES string of the molecule is COCC1CC(OCc2c(C)cccc2Cl)CO1. The largest absolute Gasteiger partial charge is 0.382 e. The molecule has 1 aromatic rings. The fourth-order valence-electron chi connectivity index (χ4n) is 2.14. The molecule has 2 rings (SSSR count). The first kappa shape index (κ1) is 13.8. The summed E-state index contributed by atoms with van der Waals surface area (Å²) in [5, 5.41) is 0.766. The molecule has 18 heavy (non-hydrogen) atoms. The van der Waals surface area contributed by atoms with Crippen LogP contribution in [0.1, 0.15) is 17.5 Å². The summed E-state index contributed by atoms with van der Waals surface area (Å²) in [6.07, 6.45) is 1.19. The van der Waals surface area contributed by atoms with Gasteiger partial charge in [-0.2, -0.15) is 0 Å². The molecule has 0 spiro atoms. The van der Waals surface area contributed by atoms with Gasteiger partial charge < -0.3 is 14.2 Å². The van der Waals surface area contributed by atoms with Crippen LogP contribution in [0.4, 0.5) is 0 Å². The lowest BCUT2D eigenvalue weighted by atomic mass is 10.1. The first-order valence-corrected chi connectivity index (χ1v) is 6.54. The molecule has 2 unspecified atom stereocenters. The van der Waals surface area contributed by atoms with Gasteiger partial charge in [-0.05, 0) is 24.1 Å². The van der Waals surface area contributed by atoms with E-state index in [-0.39, 0.29) is 12.2 Å². The first-order chi connectivity index (χ1) is 8.70. The normalized spacial score (nSPS) is 23.5. The Labute approximate surface area is 113 Å². The van der Waals surface area contributed by atoms with Gasteiger partial charge in [0.05, 0.1) is 32.0 Å². The summed E-state index contributed by atoms with van der Waals surface area (Å²) < 4.78 is 16.5. The minimum atomic E-state index is 0.140. The van der Waals surface area contributed by atoms with E-state index in [1.807, 2.05) is 25.1 Å². The van der Waals surface area contributed by atoms with Crippen molar-refractivity contribution in [1.29, 1.82) is 0 Å². The molecule has 0 aliphatic carbocycles. The van der Waals surface area contributed by atoms with Crippen molar-refractivity contribution in [2.45, 2.75) is 32.2 Å². The molecule has 0 amide bonds. The molecular formula is C14H19ClO3. The Morgan fingerprint density at radius 2 is 2.28 bits per heavy atom. The molecule has 0 N–H and O–H groups in total. The van der Waals surface area contributed by atoms with Crippen molar-refractivity contribution >= 4 is 11.6 Å². The fourth-order valence-corrected chi connectivity index (χ4v) is 2.42. The first-order valence-electron chi connectivity index (χ1n) is 6.17. The molecule has 0 saturated carbocycles. The average molecular weight is 271 g/mol. The maximum Gasteiger partial charge on any atom is 0.0838 e. The van der Waals surface area contributed by atoms with Gasteiger partial charge in [-0.1, -0.05) is 23.7 Å². The lowest BCUT2D eigenvalue weighted by molar-refractivity contribution is 0.0161. The quantitative estimate of drug-likeness (QED) is 0.823. The topological polar surface area (TPSA) is 27.7 Å². The summed E-state index contributed by atoms with van der Waals surface area (Å²) in [6, 6.07) is 5.89. The summed E-state index contributed by atoms with van der Waals surface area (Å²) in [5.41, 5.74) is 2.23. The predicted octanol–water partition coefficient (Wildman–Crippen LogP) is 2.97. The number of benzene rings is 1. The third kappa shape index (κ3) is 3.45. The third-order valence-corrected chi connectivity index (χ3v) is 3.57. The van der Waals surface area contributed by atoms with Gasteiger partial charge in [0.1, 0.15) is 0 Å². The summed E-state index contributed by atoms with van der Waals surface area (Å²) in [7, 11) is 1.69. The van der Waals surface area contributed by atoms with Crippen molar-refractivity contribution < 1.29 is 14.2 Å². The number of halogens is 1. The zero-order chi connectivity index (χ0) is 13.0. The van der Waals surface area contributed by atoms with Crippen molar-refractivity contribution in [2.75, 3.05) is 20.3 Å². The Kier molecular flexibility index (Phi) is 5.01. The lowest BCUT2D eigenvalue weighted by Crippen LogP contribution is -2.15. The van der Waals surface area contributed by atoms with E-state index < -0.39 is 0 Å². The van der Waals surface area contributed by atoms with Crippen molar-refractivity contribution in [3.63, 3.8) is 0 Å². The summed E-state index contributed by atoms with van der Waals surface area (Å²) in [4.78, 5) is 0. The van der Waals surface area contributed by atoms with Gasteiger partial charge in [0.15, 0.2) is 0 Å². The van der Waals surface area contributed by atoms with Crippen molar-refractivity contribution in [3.05, 3.63) is 34.3 Å². The molecule has 0 bridgehead atoms. The van der Waals surface area contributed by atoms with Crippen LogP contribution in [0.3, 0.4) is 0 Å². The van der Waals surface area contributed by atoms with Gasteiger partial charge >= 0.3 is 0 Å². The standard InChI is InChI=1S/C14H19ClO3/c1-10-4-3-5-14(15)13(10)9-18-12-6-11(7-16-2)17-8-12/h3-5,11-12H,6-9H2,1-2H3. The van der Waals surface area contributed by atoms with E-state index in [1.165, 1.54) is 0 Å². The number of methoxy groups -OCH3 is 1. The van der Waals surface area contributed by atoms with Crippen LogP contribution in [0.25, 0.3) is 0 Å². The minimum Gasteiger partial charge on any atom is -0.382 e. The maximum absolute atomic E-state index is 6.16. The van der Waals surface area contributed by atoms with Gasteiger partial charge in [-0.25, -0.2) is 0 Å². The minimum absolute atomic E-state index is 0.140. The molecule has 1 heterocycles. The fraction of sp³-hybridized carbons (Fsp3) is 0.571. The zero-order valence-corrected chi connectivity index (χ0v) is 11.6. The Morgan fingerprint density at radius 3 is 3.00 bits per heavy atom. The van der Waals surface area contributed by atoms with E-state index in [9.17, 15) is 0 Å². The van der Waals surface area contributed by atoms with E-state index in [2.05, 4.69) is 0 Å². The third-order valence-electron chi connectivity index (χ3n) is 3.21. The molecule has 1 aromatic carbocycles. The predicted molar refractivity (Wildman–Crippen MR) is 71.0 cm³/mol. The van der Waals surface area contributed by atoms with Crippen LogP contribution in [0.5, 0.6) is 0 Å². The second-order valence-electron chi connectivity index (χ2n) is 4.61. The number of aryl methyl sites for hydroxylation is 1. The summed E-state index contributed by atoms with van der Waals surface area (Å²) >= 11 is 6.16. The molecule has 100 valence electrons. The molecule has 0 aromatic heterocycles. The van der Waals surface area contributed by atoms with Gasteiger partial charge in [0.25, 0.3) is 0 Å². The van der Waals surface area contributed by atoms with Gasteiger partial charge in [-0.15, -0.1) is 0 Å². The molecule has 1 aliphatic heterocycles. The molecule has 4 heteroatoms. The van der Waals surface area contributed by atoms with Crippen LogP contribution in [0.2, 0.25) is 5.02 Å². The average Bonchev–Trinajstić information content (AvgIpc) is 2.77. The van der Waals surface area contributed by atoms with E-state index in [0.717, 1.165) is 22.6 Å². The van der Waals surface area contributed by atoms with Crippen molar-refractivity contribution in [2.24, 2.45) is 0 Å². The van der Waals surface area contributed by atoms with Crippen molar-refractivity contribution in [1.82, 2.24) is 0 Å². The highest BCUT2D eigenvalue weighted by atomic mass is 35.5. The molecule has 1 aliphatic rings. The summed E-state index contributed by atoms with van der Waals surface area (Å²) in [6.45, 7) is 3.85. The highest BCUT2D eigenvalue weighted by Crippen LogP contribution is 2.23. The molecule has 3 nitrogen and oxygen atoms in total. The van der Waals surface area contributed by atoms with Crippen LogP contribution < -0.4 is 0 Å². The molecule has 0 radical (unpaired) electrons. The number of ether oxygens (including phenoxy) is 3. The molecule has 1 saturated heterocycles. The second-order valence-corrected chi connectivity index (χ2v) is 5.02. The maximum atomic E-state index is 6.16. The Hall–Kier alpha value is -0.610. The Bertz CT molecular complexity index is 374. The van der Waals surface area contributed by atoms with Crippen LogP contribution in [0.15, 0.2) is 18.2 Å². The van der Waals surface area contributed by atoms with Crippen molar-refractivity contribution in [3.8, 4) is 0 Å². The van der Waals surface area contributed by atoms with Gasteiger partial charge in [-0.3, -0.25) is 0 Å². The monoisotopic (exact) mass is 270 g/mol. The van der Waals surface area contributed by atoms with Crippen LogP contribution in [0, 0.1) is 6.92 Å². The lowest BCUT2D eigenvalue weighted by Gasteiger charge is -2.13. The zero-order valence-electron chi connectivity index (χ0n) is 10.8. The van der Waals surface area contributed by atoms with Crippen LogP contribution in [-0.2, 0) is 20.8 Å². The second kappa shape index (κ2) is 6.53. The Morgan fingerprint density at radius 1 is 1.44 bits per heavy atom. The molecular weight excluding hydrogens is 252 g/mol. The highest BCUT2D eigenvalue weighted by Gasteiger charge is 2.26. The molecule has 1 fully saturated rings. The van der Waals surface area contributed by atoms with Gasteiger partial charge in [0, 0.05) is 18.6 Å². The van der Waals surface area contributed by atoms with Crippen LogP contribution in [-0.4, -0.2) is 32.5 Å².